The number of nitrogens with one attached hydrogen (secondary N) is 1. The Kier molecular flexibility index (Phi) is 7.63. The summed E-state index contributed by atoms with van der Waals surface area (Å²) in [5.74, 6) is -0.199. The standard InChI is InChI=1S/C15H24FNO2/c1-4-17-15(11-18-9-10-19-12(2)3)13-7-5-6-8-14(13)16/h5-8,12,15,17H,4,9-11H2,1-3H3. The Morgan fingerprint density at radius 2 is 1.95 bits per heavy atom. The van der Waals surface area contributed by atoms with Gasteiger partial charge in [0.25, 0.3) is 0 Å². The van der Waals surface area contributed by atoms with Gasteiger partial charge in [-0.2, -0.15) is 0 Å². The Morgan fingerprint density at radius 3 is 2.58 bits per heavy atom. The van der Waals surface area contributed by atoms with Crippen molar-refractivity contribution >= 4 is 0 Å². The van der Waals surface area contributed by atoms with E-state index in [0.717, 1.165) is 6.54 Å². The normalized spacial score (nSPS) is 12.9. The number of halogens is 1. The number of ether oxygens (including phenoxy) is 2. The van der Waals surface area contributed by atoms with E-state index in [2.05, 4.69) is 5.32 Å². The molecule has 1 atom stereocenters. The zero-order valence-corrected chi connectivity index (χ0v) is 12.0. The van der Waals surface area contributed by atoms with Gasteiger partial charge in [-0.15, -0.1) is 0 Å². The van der Waals surface area contributed by atoms with Crippen LogP contribution < -0.4 is 5.32 Å². The molecule has 0 amide bonds. The molecule has 0 aliphatic carbocycles. The second-order valence-electron chi connectivity index (χ2n) is 4.63. The summed E-state index contributed by atoms with van der Waals surface area (Å²) in [4.78, 5) is 0. The lowest BCUT2D eigenvalue weighted by Crippen LogP contribution is -2.27. The third kappa shape index (κ3) is 6.14. The van der Waals surface area contributed by atoms with Crippen LogP contribution in [0.15, 0.2) is 24.3 Å². The van der Waals surface area contributed by atoms with Gasteiger partial charge in [0, 0.05) is 5.56 Å². The van der Waals surface area contributed by atoms with Crippen LogP contribution in [-0.2, 0) is 9.47 Å². The maximum Gasteiger partial charge on any atom is 0.128 e. The van der Waals surface area contributed by atoms with Crippen LogP contribution in [-0.4, -0.2) is 32.5 Å². The van der Waals surface area contributed by atoms with Gasteiger partial charge in [0.1, 0.15) is 5.82 Å². The molecule has 1 rings (SSSR count). The predicted molar refractivity (Wildman–Crippen MR) is 74.7 cm³/mol. The summed E-state index contributed by atoms with van der Waals surface area (Å²) in [6.07, 6.45) is 0.208. The van der Waals surface area contributed by atoms with Crippen molar-refractivity contribution in [3.8, 4) is 0 Å². The van der Waals surface area contributed by atoms with Crippen molar-refractivity contribution in [1.29, 1.82) is 0 Å². The van der Waals surface area contributed by atoms with Gasteiger partial charge in [-0.1, -0.05) is 25.1 Å². The zero-order valence-electron chi connectivity index (χ0n) is 12.0. The summed E-state index contributed by atoms with van der Waals surface area (Å²) in [5, 5.41) is 3.23. The van der Waals surface area contributed by atoms with E-state index in [1.807, 2.05) is 26.8 Å². The van der Waals surface area contributed by atoms with Gasteiger partial charge in [0.05, 0.1) is 32.0 Å². The highest BCUT2D eigenvalue weighted by molar-refractivity contribution is 5.21. The molecule has 1 unspecified atom stereocenters. The Hall–Kier alpha value is -0.970. The highest BCUT2D eigenvalue weighted by Crippen LogP contribution is 2.17. The maximum absolute atomic E-state index is 13.7. The van der Waals surface area contributed by atoms with Crippen LogP contribution in [0, 0.1) is 5.82 Å². The van der Waals surface area contributed by atoms with E-state index in [1.54, 1.807) is 12.1 Å². The number of benzene rings is 1. The molecule has 19 heavy (non-hydrogen) atoms. The summed E-state index contributed by atoms with van der Waals surface area (Å²) in [6.45, 7) is 8.26. The minimum atomic E-state index is -0.199. The third-order valence-corrected chi connectivity index (χ3v) is 2.69. The average Bonchev–Trinajstić information content (AvgIpc) is 2.37. The first-order valence-electron chi connectivity index (χ1n) is 6.82. The molecule has 4 heteroatoms. The lowest BCUT2D eigenvalue weighted by atomic mass is 10.1. The molecule has 108 valence electrons. The molecule has 0 fully saturated rings. The van der Waals surface area contributed by atoms with Gasteiger partial charge in [-0.3, -0.25) is 0 Å². The molecule has 0 bridgehead atoms. The van der Waals surface area contributed by atoms with Crippen molar-refractivity contribution in [2.45, 2.75) is 32.9 Å². The van der Waals surface area contributed by atoms with Crippen molar-refractivity contribution in [2.24, 2.45) is 0 Å². The first kappa shape index (κ1) is 16.1. The Balaban J connectivity index is 2.43. The van der Waals surface area contributed by atoms with E-state index in [9.17, 15) is 4.39 Å². The number of hydrogen-bond acceptors (Lipinski definition) is 3. The number of rotatable bonds is 9. The molecule has 0 radical (unpaired) electrons. The number of hydrogen-bond donors (Lipinski definition) is 1. The van der Waals surface area contributed by atoms with Gasteiger partial charge in [-0.05, 0) is 26.5 Å². The molecule has 1 aromatic carbocycles. The molecule has 0 aliphatic rings. The Morgan fingerprint density at radius 1 is 1.21 bits per heavy atom. The van der Waals surface area contributed by atoms with E-state index >= 15 is 0 Å². The van der Waals surface area contributed by atoms with Gasteiger partial charge in [0.2, 0.25) is 0 Å². The molecule has 0 heterocycles. The van der Waals surface area contributed by atoms with Crippen LogP contribution in [0.5, 0.6) is 0 Å². The van der Waals surface area contributed by atoms with Crippen molar-refractivity contribution in [2.75, 3.05) is 26.4 Å². The van der Waals surface area contributed by atoms with Gasteiger partial charge >= 0.3 is 0 Å². The summed E-state index contributed by atoms with van der Waals surface area (Å²) < 4.78 is 24.7. The lowest BCUT2D eigenvalue weighted by Gasteiger charge is -2.19. The van der Waals surface area contributed by atoms with Crippen LogP contribution in [0.2, 0.25) is 0 Å². The van der Waals surface area contributed by atoms with Crippen molar-refractivity contribution < 1.29 is 13.9 Å². The van der Waals surface area contributed by atoms with Crippen LogP contribution in [0.1, 0.15) is 32.4 Å². The highest BCUT2D eigenvalue weighted by atomic mass is 19.1. The summed E-state index contributed by atoms with van der Waals surface area (Å²) in [7, 11) is 0. The molecule has 0 aliphatic heterocycles. The molecular weight excluding hydrogens is 245 g/mol. The van der Waals surface area contributed by atoms with E-state index in [-0.39, 0.29) is 18.0 Å². The molecule has 1 aromatic rings. The molecule has 0 aromatic heterocycles. The van der Waals surface area contributed by atoms with E-state index in [4.69, 9.17) is 9.47 Å². The Labute approximate surface area is 115 Å². The van der Waals surface area contributed by atoms with Gasteiger partial charge in [0.15, 0.2) is 0 Å². The second-order valence-corrected chi connectivity index (χ2v) is 4.63. The zero-order chi connectivity index (χ0) is 14.1. The minimum absolute atomic E-state index is 0.120. The fraction of sp³-hybridized carbons (Fsp3) is 0.600. The molecule has 0 saturated heterocycles. The molecule has 3 nitrogen and oxygen atoms in total. The maximum atomic E-state index is 13.7. The summed E-state index contributed by atoms with van der Waals surface area (Å²) >= 11 is 0. The van der Waals surface area contributed by atoms with Crippen LogP contribution in [0.3, 0.4) is 0 Å². The quantitative estimate of drug-likeness (QED) is 0.699. The lowest BCUT2D eigenvalue weighted by molar-refractivity contribution is 0.0136. The first-order valence-corrected chi connectivity index (χ1v) is 6.82. The smallest absolute Gasteiger partial charge is 0.128 e. The average molecular weight is 269 g/mol. The number of likely N-dealkylation sites (N-methyl/N-ethyl adjacent to an activating group) is 1. The summed E-state index contributed by atoms with van der Waals surface area (Å²) in [5.41, 5.74) is 0.647. The fourth-order valence-electron chi connectivity index (χ4n) is 1.81. The van der Waals surface area contributed by atoms with Crippen molar-refractivity contribution in [3.05, 3.63) is 35.6 Å². The van der Waals surface area contributed by atoms with E-state index in [0.29, 0.717) is 25.4 Å². The van der Waals surface area contributed by atoms with Gasteiger partial charge < -0.3 is 14.8 Å². The highest BCUT2D eigenvalue weighted by Gasteiger charge is 2.14. The first-order chi connectivity index (χ1) is 9.15. The topological polar surface area (TPSA) is 30.5 Å². The van der Waals surface area contributed by atoms with Crippen LogP contribution in [0.25, 0.3) is 0 Å². The SMILES string of the molecule is CCNC(COCCOC(C)C)c1ccccc1F. The van der Waals surface area contributed by atoms with E-state index < -0.39 is 0 Å². The molecule has 0 spiro atoms. The van der Waals surface area contributed by atoms with Gasteiger partial charge in [-0.25, -0.2) is 4.39 Å². The third-order valence-electron chi connectivity index (χ3n) is 2.69. The molecule has 1 N–H and O–H groups in total. The van der Waals surface area contributed by atoms with Crippen LogP contribution in [0.4, 0.5) is 4.39 Å². The monoisotopic (exact) mass is 269 g/mol. The fourth-order valence-corrected chi connectivity index (χ4v) is 1.81. The van der Waals surface area contributed by atoms with Crippen molar-refractivity contribution in [3.63, 3.8) is 0 Å². The largest absolute Gasteiger partial charge is 0.377 e. The second kappa shape index (κ2) is 9.02. The Bertz CT molecular complexity index is 358. The minimum Gasteiger partial charge on any atom is -0.377 e. The van der Waals surface area contributed by atoms with E-state index in [1.165, 1.54) is 6.07 Å². The van der Waals surface area contributed by atoms with Crippen molar-refractivity contribution in [1.82, 2.24) is 5.32 Å². The predicted octanol–water partition coefficient (Wildman–Crippen LogP) is 2.92. The van der Waals surface area contributed by atoms with Crippen LogP contribution >= 0.6 is 0 Å². The summed E-state index contributed by atoms with van der Waals surface area (Å²) in [6, 6.07) is 6.67. The molecule has 0 saturated carbocycles. The molecular formula is C15H24FNO2.